The zero-order chi connectivity index (χ0) is 26.6. The number of pyridine rings is 1. The molecule has 2 N–H and O–H groups in total. The van der Waals surface area contributed by atoms with Crippen molar-refractivity contribution >= 4 is 23.2 Å². The maximum Gasteiger partial charge on any atom is 0.273 e. The number of hydrogen-bond donors (Lipinski definition) is 2. The fraction of sp³-hybridized carbons (Fsp3) is 0.385. The summed E-state index contributed by atoms with van der Waals surface area (Å²) < 4.78 is 6.84. The first-order valence-corrected chi connectivity index (χ1v) is 12.0. The number of carbonyl (C=O) groups excluding carboxylic acids is 2. The third kappa shape index (κ3) is 6.48. The molecule has 1 saturated heterocycles. The molecule has 37 heavy (non-hydrogen) atoms. The number of benzene rings is 1. The molecule has 2 amide bonds. The van der Waals surface area contributed by atoms with Gasteiger partial charge in [0.05, 0.1) is 48.0 Å². The lowest BCUT2D eigenvalue weighted by molar-refractivity contribution is 0.0933. The molecule has 1 aliphatic rings. The third-order valence-corrected chi connectivity index (χ3v) is 5.76. The van der Waals surface area contributed by atoms with Gasteiger partial charge in [-0.3, -0.25) is 14.6 Å². The fourth-order valence-corrected chi connectivity index (χ4v) is 3.75. The quantitative estimate of drug-likeness (QED) is 0.525. The van der Waals surface area contributed by atoms with Crippen molar-refractivity contribution in [2.45, 2.75) is 27.7 Å². The second-order valence-electron chi connectivity index (χ2n) is 10.1. The lowest BCUT2D eigenvalue weighted by Crippen LogP contribution is -2.36. The Morgan fingerprint density at radius 3 is 2.59 bits per heavy atom. The average molecular weight is 503 g/mol. The maximum absolute atomic E-state index is 13.1. The number of aromatic nitrogens is 4. The summed E-state index contributed by atoms with van der Waals surface area (Å²) in [5.74, 6) is -0.714. The highest BCUT2D eigenvalue weighted by Gasteiger charge is 2.18. The fourth-order valence-electron chi connectivity index (χ4n) is 3.75. The summed E-state index contributed by atoms with van der Waals surface area (Å²) >= 11 is 0. The Hall–Kier alpha value is -4.30. The van der Waals surface area contributed by atoms with Crippen LogP contribution >= 0.6 is 0 Å². The number of anilines is 2. The molecule has 0 saturated carbocycles. The van der Waals surface area contributed by atoms with Crippen LogP contribution in [-0.4, -0.2) is 64.6 Å². The van der Waals surface area contributed by atoms with E-state index in [1.807, 2.05) is 26.8 Å². The van der Waals surface area contributed by atoms with Crippen molar-refractivity contribution in [3.8, 4) is 11.8 Å². The molecule has 0 bridgehead atoms. The van der Waals surface area contributed by atoms with E-state index in [2.05, 4.69) is 36.9 Å². The predicted molar refractivity (Wildman–Crippen MR) is 138 cm³/mol. The molecule has 11 nitrogen and oxygen atoms in total. The van der Waals surface area contributed by atoms with Crippen molar-refractivity contribution < 1.29 is 14.3 Å². The van der Waals surface area contributed by atoms with Crippen molar-refractivity contribution in [2.24, 2.45) is 5.41 Å². The molecule has 0 radical (unpaired) electrons. The molecule has 3 heterocycles. The van der Waals surface area contributed by atoms with Crippen molar-refractivity contribution in [3.63, 3.8) is 0 Å². The van der Waals surface area contributed by atoms with Crippen LogP contribution in [0.2, 0.25) is 0 Å². The van der Waals surface area contributed by atoms with Crippen LogP contribution < -0.4 is 15.5 Å². The zero-order valence-electron chi connectivity index (χ0n) is 21.4. The molecule has 3 aromatic rings. The van der Waals surface area contributed by atoms with Crippen LogP contribution in [0, 0.1) is 23.7 Å². The smallest absolute Gasteiger partial charge is 0.273 e. The van der Waals surface area contributed by atoms with Crippen LogP contribution in [0.3, 0.4) is 0 Å². The Balaban J connectivity index is 1.53. The number of amides is 2. The molecule has 0 unspecified atom stereocenters. The van der Waals surface area contributed by atoms with Gasteiger partial charge >= 0.3 is 0 Å². The van der Waals surface area contributed by atoms with Gasteiger partial charge in [0.25, 0.3) is 11.8 Å². The topological polar surface area (TPSA) is 138 Å². The number of rotatable bonds is 6. The number of morpholine rings is 1. The minimum absolute atomic E-state index is 0.0659. The van der Waals surface area contributed by atoms with Crippen LogP contribution in [0.25, 0.3) is 5.69 Å². The molecule has 0 atom stereocenters. The van der Waals surface area contributed by atoms with E-state index in [1.54, 1.807) is 25.1 Å². The summed E-state index contributed by atoms with van der Waals surface area (Å²) in [5.41, 5.74) is 3.34. The number of carbonyl (C=O) groups is 2. The monoisotopic (exact) mass is 502 g/mol. The molecule has 1 fully saturated rings. The summed E-state index contributed by atoms with van der Waals surface area (Å²) in [7, 11) is 0. The molecule has 1 aliphatic heterocycles. The van der Waals surface area contributed by atoms with E-state index in [4.69, 9.17) is 4.74 Å². The molecule has 2 aromatic heterocycles. The van der Waals surface area contributed by atoms with Crippen LogP contribution in [0.5, 0.6) is 0 Å². The van der Waals surface area contributed by atoms with E-state index in [1.165, 1.54) is 17.1 Å². The summed E-state index contributed by atoms with van der Waals surface area (Å²) in [6.45, 7) is 11.0. The number of aryl methyl sites for hydroxylation is 1. The first kappa shape index (κ1) is 25.8. The highest BCUT2D eigenvalue weighted by atomic mass is 16.5. The van der Waals surface area contributed by atoms with Crippen LogP contribution in [-0.2, 0) is 4.74 Å². The maximum atomic E-state index is 13.1. The number of ether oxygens (including phenoxy) is 1. The second-order valence-corrected chi connectivity index (χ2v) is 10.1. The first-order chi connectivity index (χ1) is 17.6. The second kappa shape index (κ2) is 10.8. The van der Waals surface area contributed by atoms with Gasteiger partial charge in [-0.15, -0.1) is 5.10 Å². The van der Waals surface area contributed by atoms with Gasteiger partial charge < -0.3 is 20.3 Å². The van der Waals surface area contributed by atoms with Gasteiger partial charge in [-0.25, -0.2) is 4.68 Å². The molecule has 1 aromatic carbocycles. The van der Waals surface area contributed by atoms with Crippen LogP contribution in [0.15, 0.2) is 36.7 Å². The Morgan fingerprint density at radius 2 is 1.89 bits per heavy atom. The molecule has 0 spiro atoms. The highest BCUT2D eigenvalue weighted by molar-refractivity contribution is 6.04. The number of nitrogens with one attached hydrogen (secondary N) is 2. The van der Waals surface area contributed by atoms with E-state index in [-0.39, 0.29) is 22.9 Å². The number of nitriles is 1. The summed E-state index contributed by atoms with van der Waals surface area (Å²) in [5, 5.41) is 23.2. The third-order valence-electron chi connectivity index (χ3n) is 5.76. The molecule has 4 rings (SSSR count). The van der Waals surface area contributed by atoms with Crippen molar-refractivity contribution in [1.82, 2.24) is 25.3 Å². The average Bonchev–Trinajstić information content (AvgIpc) is 3.37. The lowest BCUT2D eigenvalue weighted by atomic mass is 9.97. The van der Waals surface area contributed by atoms with Gasteiger partial charge in [0, 0.05) is 37.2 Å². The Labute approximate surface area is 215 Å². The molecular weight excluding hydrogens is 472 g/mol. The number of hydrogen-bond acceptors (Lipinski definition) is 8. The normalized spacial score (nSPS) is 13.6. The standard InChI is InChI=1S/C26H30N8O3/c1-17-23(34-15-22(31-32-34)25(36)29-16-26(2,3)4)11-19(14-28-17)24(35)30-20-9-18(13-27)10-21(12-20)33-5-7-37-8-6-33/h9-12,14-15H,5-8,16H2,1-4H3,(H,29,36)(H,30,35). The summed E-state index contributed by atoms with van der Waals surface area (Å²) in [6.07, 6.45) is 2.98. The SMILES string of the molecule is Cc1ncc(C(=O)Nc2cc(C#N)cc(N3CCOCC3)c2)cc1-n1cc(C(=O)NCC(C)(C)C)nn1. The highest BCUT2D eigenvalue weighted by Crippen LogP contribution is 2.24. The van der Waals surface area contributed by atoms with Gasteiger partial charge in [0.15, 0.2) is 5.69 Å². The van der Waals surface area contributed by atoms with Crippen LogP contribution in [0.4, 0.5) is 11.4 Å². The van der Waals surface area contributed by atoms with Crippen molar-refractivity contribution in [2.75, 3.05) is 43.1 Å². The molecule has 11 heteroatoms. The zero-order valence-corrected chi connectivity index (χ0v) is 21.4. The lowest BCUT2D eigenvalue weighted by Gasteiger charge is -2.29. The van der Waals surface area contributed by atoms with Gasteiger partial charge in [-0.05, 0) is 36.6 Å². The van der Waals surface area contributed by atoms with E-state index in [0.29, 0.717) is 61.0 Å². The van der Waals surface area contributed by atoms with Gasteiger partial charge in [0.2, 0.25) is 0 Å². The Morgan fingerprint density at radius 1 is 1.14 bits per heavy atom. The Kier molecular flexibility index (Phi) is 7.50. The summed E-state index contributed by atoms with van der Waals surface area (Å²) in [6, 6.07) is 9.06. The van der Waals surface area contributed by atoms with Crippen molar-refractivity contribution in [1.29, 1.82) is 5.26 Å². The van der Waals surface area contributed by atoms with Gasteiger partial charge in [0.1, 0.15) is 0 Å². The number of nitrogens with zero attached hydrogens (tertiary/aromatic N) is 6. The molecular formula is C26H30N8O3. The van der Waals surface area contributed by atoms with E-state index >= 15 is 0 Å². The first-order valence-electron chi connectivity index (χ1n) is 12.0. The Bertz CT molecular complexity index is 1350. The summed E-state index contributed by atoms with van der Waals surface area (Å²) in [4.78, 5) is 32.0. The minimum atomic E-state index is -0.389. The molecule has 192 valence electrons. The van der Waals surface area contributed by atoms with E-state index in [9.17, 15) is 14.9 Å². The van der Waals surface area contributed by atoms with Crippen LogP contribution in [0.1, 0.15) is 52.9 Å². The van der Waals surface area contributed by atoms with E-state index < -0.39 is 0 Å². The van der Waals surface area contributed by atoms with Gasteiger partial charge in [-0.1, -0.05) is 26.0 Å². The predicted octanol–water partition coefficient (Wildman–Crippen LogP) is 2.71. The molecule has 0 aliphatic carbocycles. The van der Waals surface area contributed by atoms with Crippen molar-refractivity contribution in [3.05, 3.63) is 59.2 Å². The minimum Gasteiger partial charge on any atom is -0.378 e. The van der Waals surface area contributed by atoms with Gasteiger partial charge in [-0.2, -0.15) is 5.26 Å². The van der Waals surface area contributed by atoms with E-state index in [0.717, 1.165) is 5.69 Å². The largest absolute Gasteiger partial charge is 0.378 e.